The third kappa shape index (κ3) is 10.7. The smallest absolute Gasteiger partial charge is 0.343 e. The van der Waals surface area contributed by atoms with Gasteiger partial charge in [0.15, 0.2) is 11.6 Å². The summed E-state index contributed by atoms with van der Waals surface area (Å²) in [7, 11) is 0. The van der Waals surface area contributed by atoms with Gasteiger partial charge in [0.05, 0.1) is 18.8 Å². The van der Waals surface area contributed by atoms with E-state index in [0.29, 0.717) is 19.0 Å². The van der Waals surface area contributed by atoms with E-state index in [-0.39, 0.29) is 11.3 Å². The van der Waals surface area contributed by atoms with Gasteiger partial charge in [-0.1, -0.05) is 84.5 Å². The van der Waals surface area contributed by atoms with Crippen molar-refractivity contribution in [2.24, 2.45) is 11.8 Å². The first-order valence-corrected chi connectivity index (χ1v) is 15.0. The number of benzene rings is 2. The summed E-state index contributed by atoms with van der Waals surface area (Å²) in [6, 6.07) is 11.2. The van der Waals surface area contributed by atoms with E-state index in [2.05, 4.69) is 13.8 Å². The zero-order valence-electron chi connectivity index (χ0n) is 23.5. The number of hydrogen-bond donors (Lipinski definition) is 0. The lowest BCUT2D eigenvalue weighted by molar-refractivity contribution is 0.0734. The second-order valence-corrected chi connectivity index (χ2v) is 10.8. The fourth-order valence-electron chi connectivity index (χ4n) is 5.28. The van der Waals surface area contributed by atoms with E-state index >= 15 is 0 Å². The van der Waals surface area contributed by atoms with E-state index in [4.69, 9.17) is 14.2 Å². The Bertz CT molecular complexity index is 935. The molecule has 5 heteroatoms. The molecule has 0 amide bonds. The van der Waals surface area contributed by atoms with E-state index in [1.54, 1.807) is 24.3 Å². The molecule has 4 nitrogen and oxygen atoms in total. The number of esters is 1. The Labute approximate surface area is 229 Å². The van der Waals surface area contributed by atoms with E-state index in [1.165, 1.54) is 76.0 Å². The maximum absolute atomic E-state index is 14.4. The molecule has 2 aromatic carbocycles. The van der Waals surface area contributed by atoms with E-state index in [1.807, 2.05) is 0 Å². The first kappa shape index (κ1) is 30.0. The average Bonchev–Trinajstić information content (AvgIpc) is 2.93. The highest BCUT2D eigenvalue weighted by atomic mass is 19.1. The number of rotatable bonds is 17. The van der Waals surface area contributed by atoms with Crippen molar-refractivity contribution in [3.63, 3.8) is 0 Å². The molecule has 1 aliphatic carbocycles. The predicted octanol–water partition coefficient (Wildman–Crippen LogP) is 9.55. The minimum atomic E-state index is -0.604. The number of hydrogen-bond acceptors (Lipinski definition) is 4. The van der Waals surface area contributed by atoms with Crippen LogP contribution in [0.2, 0.25) is 0 Å². The highest BCUT2D eigenvalue weighted by Gasteiger charge is 2.20. The zero-order chi connectivity index (χ0) is 27.0. The molecule has 0 bridgehead atoms. The van der Waals surface area contributed by atoms with Crippen LogP contribution in [0.3, 0.4) is 0 Å². The van der Waals surface area contributed by atoms with Gasteiger partial charge in [-0.3, -0.25) is 0 Å². The van der Waals surface area contributed by atoms with Crippen LogP contribution in [0.15, 0.2) is 42.5 Å². The van der Waals surface area contributed by atoms with Crippen molar-refractivity contribution in [3.05, 3.63) is 53.8 Å². The van der Waals surface area contributed by atoms with Crippen molar-refractivity contribution >= 4 is 5.97 Å². The first-order chi connectivity index (χ1) is 18.6. The Hall–Kier alpha value is -2.56. The summed E-state index contributed by atoms with van der Waals surface area (Å²) in [6.07, 6.45) is 17.6. The fraction of sp³-hybridized carbons (Fsp3) is 0.606. The summed E-state index contributed by atoms with van der Waals surface area (Å²) in [5.41, 5.74) is 0.149. The van der Waals surface area contributed by atoms with Crippen LogP contribution in [0.4, 0.5) is 4.39 Å². The van der Waals surface area contributed by atoms with E-state index < -0.39 is 11.8 Å². The van der Waals surface area contributed by atoms with Crippen molar-refractivity contribution in [2.75, 3.05) is 13.2 Å². The molecule has 1 saturated carbocycles. The topological polar surface area (TPSA) is 44.8 Å². The molecule has 210 valence electrons. The Kier molecular flexibility index (Phi) is 13.5. The predicted molar refractivity (Wildman–Crippen MR) is 152 cm³/mol. The second-order valence-electron chi connectivity index (χ2n) is 10.8. The minimum absolute atomic E-state index is 0.149. The van der Waals surface area contributed by atoms with Crippen molar-refractivity contribution in [1.29, 1.82) is 0 Å². The van der Waals surface area contributed by atoms with Crippen LogP contribution in [0, 0.1) is 17.7 Å². The number of halogens is 1. The van der Waals surface area contributed by atoms with Gasteiger partial charge in [0.1, 0.15) is 11.5 Å². The van der Waals surface area contributed by atoms with Gasteiger partial charge in [-0.2, -0.15) is 0 Å². The molecule has 0 aliphatic heterocycles. The Balaban J connectivity index is 1.33. The number of carbonyl (C=O) groups is 1. The molecule has 0 unspecified atom stereocenters. The summed E-state index contributed by atoms with van der Waals surface area (Å²) in [5.74, 6) is 1.96. The molecule has 2 aromatic rings. The second kappa shape index (κ2) is 17.1. The monoisotopic (exact) mass is 526 g/mol. The summed E-state index contributed by atoms with van der Waals surface area (Å²) < 4.78 is 31.2. The van der Waals surface area contributed by atoms with Crippen molar-refractivity contribution in [3.8, 4) is 17.2 Å². The highest BCUT2D eigenvalue weighted by Crippen LogP contribution is 2.34. The summed E-state index contributed by atoms with van der Waals surface area (Å²) >= 11 is 0. The molecule has 0 aromatic heterocycles. The summed E-state index contributed by atoms with van der Waals surface area (Å²) in [5, 5.41) is 0. The van der Waals surface area contributed by atoms with Crippen LogP contribution < -0.4 is 14.2 Å². The van der Waals surface area contributed by atoms with Crippen LogP contribution in [0.25, 0.3) is 0 Å². The number of ether oxygens (including phenoxy) is 3. The Morgan fingerprint density at radius 2 is 1.34 bits per heavy atom. The molecule has 1 fully saturated rings. The maximum atomic E-state index is 14.4. The lowest BCUT2D eigenvalue weighted by Gasteiger charge is -2.28. The molecule has 0 spiro atoms. The molecule has 0 radical (unpaired) electrons. The van der Waals surface area contributed by atoms with Gasteiger partial charge in [0.25, 0.3) is 0 Å². The van der Waals surface area contributed by atoms with Gasteiger partial charge >= 0.3 is 5.97 Å². The van der Waals surface area contributed by atoms with Crippen molar-refractivity contribution in [1.82, 2.24) is 0 Å². The normalized spacial score (nSPS) is 17.2. The van der Waals surface area contributed by atoms with Crippen LogP contribution in [-0.2, 0) is 0 Å². The molecule has 0 atom stereocenters. The van der Waals surface area contributed by atoms with Crippen molar-refractivity contribution < 1.29 is 23.4 Å². The van der Waals surface area contributed by atoms with Crippen molar-refractivity contribution in [2.45, 2.75) is 104 Å². The SMILES string of the molecule is CCCCCCOc1ccc(C(=O)Oc2ccc(OCCCC3CCC(CCCCC)CC3)cc2)cc1F. The average molecular weight is 527 g/mol. The van der Waals surface area contributed by atoms with Crippen LogP contribution >= 0.6 is 0 Å². The quantitative estimate of drug-likeness (QED) is 0.117. The summed E-state index contributed by atoms with van der Waals surface area (Å²) in [6.45, 7) is 5.58. The lowest BCUT2D eigenvalue weighted by atomic mass is 9.78. The fourth-order valence-corrected chi connectivity index (χ4v) is 5.28. The molecular weight excluding hydrogens is 479 g/mol. The molecular formula is C33H47FO4. The van der Waals surface area contributed by atoms with Crippen LogP contribution in [0.1, 0.15) is 114 Å². The maximum Gasteiger partial charge on any atom is 0.343 e. The molecule has 0 N–H and O–H groups in total. The van der Waals surface area contributed by atoms with E-state index in [0.717, 1.165) is 49.7 Å². The largest absolute Gasteiger partial charge is 0.494 e. The number of carbonyl (C=O) groups excluding carboxylic acids is 1. The number of unbranched alkanes of at least 4 members (excludes halogenated alkanes) is 5. The van der Waals surface area contributed by atoms with E-state index in [9.17, 15) is 9.18 Å². The lowest BCUT2D eigenvalue weighted by Crippen LogP contribution is -2.15. The summed E-state index contributed by atoms with van der Waals surface area (Å²) in [4.78, 5) is 12.5. The van der Waals surface area contributed by atoms with Gasteiger partial charge < -0.3 is 14.2 Å². The van der Waals surface area contributed by atoms with Gasteiger partial charge in [0.2, 0.25) is 0 Å². The molecule has 1 aliphatic rings. The third-order valence-corrected chi connectivity index (χ3v) is 7.67. The molecule has 0 saturated heterocycles. The third-order valence-electron chi connectivity index (χ3n) is 7.67. The van der Waals surface area contributed by atoms with Crippen LogP contribution in [0.5, 0.6) is 17.2 Å². The molecule has 38 heavy (non-hydrogen) atoms. The van der Waals surface area contributed by atoms with Gasteiger partial charge in [-0.05, 0) is 73.6 Å². The Morgan fingerprint density at radius 3 is 2.00 bits per heavy atom. The minimum Gasteiger partial charge on any atom is -0.494 e. The van der Waals surface area contributed by atoms with Crippen LogP contribution in [-0.4, -0.2) is 19.2 Å². The van der Waals surface area contributed by atoms with Gasteiger partial charge in [-0.15, -0.1) is 0 Å². The van der Waals surface area contributed by atoms with Gasteiger partial charge in [0, 0.05) is 0 Å². The highest BCUT2D eigenvalue weighted by molar-refractivity contribution is 5.91. The standard InChI is InChI=1S/C33H47FO4/c1-3-5-7-9-23-37-32-22-17-28(25-31(32)34)33(35)38-30-20-18-29(19-21-30)36-24-10-12-27-15-13-26(14-16-27)11-8-6-4-2/h17-22,25-27H,3-16,23-24H2,1-2H3. The Morgan fingerprint density at radius 1 is 0.737 bits per heavy atom. The first-order valence-electron chi connectivity index (χ1n) is 15.0. The molecule has 3 rings (SSSR count). The zero-order valence-corrected chi connectivity index (χ0v) is 23.5. The van der Waals surface area contributed by atoms with Gasteiger partial charge in [-0.25, -0.2) is 9.18 Å². The molecule has 0 heterocycles.